The van der Waals surface area contributed by atoms with Crippen molar-refractivity contribution in [3.63, 3.8) is 0 Å². The van der Waals surface area contributed by atoms with Gasteiger partial charge < -0.3 is 5.32 Å². The lowest BCUT2D eigenvalue weighted by Gasteiger charge is -2.31. The fraction of sp³-hybridized carbons (Fsp3) is 0.722. The third-order valence-corrected chi connectivity index (χ3v) is 6.31. The molecule has 2 fully saturated rings. The first kappa shape index (κ1) is 16.0. The number of thiophene rings is 1. The largest absolute Gasteiger partial charge is 0.352 e. The second kappa shape index (κ2) is 7.14. The first-order chi connectivity index (χ1) is 10.6. The van der Waals surface area contributed by atoms with E-state index in [-0.39, 0.29) is 11.9 Å². The van der Waals surface area contributed by atoms with Crippen LogP contribution in [0.5, 0.6) is 0 Å². The molecule has 1 saturated heterocycles. The highest BCUT2D eigenvalue weighted by Gasteiger charge is 2.34. The van der Waals surface area contributed by atoms with Gasteiger partial charge in [0.1, 0.15) is 0 Å². The number of likely N-dealkylation sites (tertiary alicyclic amines) is 1. The van der Waals surface area contributed by atoms with Gasteiger partial charge >= 0.3 is 0 Å². The van der Waals surface area contributed by atoms with Crippen LogP contribution in [-0.4, -0.2) is 29.4 Å². The van der Waals surface area contributed by atoms with Gasteiger partial charge in [0.05, 0.1) is 6.04 Å². The summed E-state index contributed by atoms with van der Waals surface area (Å²) in [5, 5.41) is 3.30. The number of carbonyl (C=O) groups is 1. The Morgan fingerprint density at radius 2 is 2.00 bits per heavy atom. The molecule has 0 spiro atoms. The average Bonchev–Trinajstić information content (AvgIpc) is 3.15. The van der Waals surface area contributed by atoms with E-state index in [1.807, 2.05) is 11.3 Å². The number of aryl methyl sites for hydroxylation is 1. The Bertz CT molecular complexity index is 507. The molecule has 0 radical (unpaired) electrons. The molecular formula is C18H28N2OS. The maximum absolute atomic E-state index is 12.6. The monoisotopic (exact) mass is 320 g/mol. The van der Waals surface area contributed by atoms with Crippen molar-refractivity contribution in [2.75, 3.05) is 6.54 Å². The lowest BCUT2D eigenvalue weighted by atomic mass is 9.95. The number of hydrogen-bond acceptors (Lipinski definition) is 3. The number of amides is 1. The van der Waals surface area contributed by atoms with E-state index >= 15 is 0 Å². The lowest BCUT2D eigenvalue weighted by Crippen LogP contribution is -2.48. The summed E-state index contributed by atoms with van der Waals surface area (Å²) in [5.74, 6) is 0.229. The first-order valence-electron chi connectivity index (χ1n) is 8.77. The van der Waals surface area contributed by atoms with Gasteiger partial charge in [-0.15, -0.1) is 11.3 Å². The Morgan fingerprint density at radius 1 is 1.23 bits per heavy atom. The van der Waals surface area contributed by atoms with Crippen LogP contribution in [0.4, 0.5) is 0 Å². The van der Waals surface area contributed by atoms with Gasteiger partial charge in [-0.05, 0) is 58.2 Å². The van der Waals surface area contributed by atoms with Crippen LogP contribution in [0.1, 0.15) is 67.7 Å². The van der Waals surface area contributed by atoms with E-state index in [4.69, 9.17) is 0 Å². The molecule has 3 nitrogen and oxygen atoms in total. The molecule has 1 N–H and O–H groups in total. The standard InChI is InChI=1S/C18H28N2OS/c1-13-10-11-17(22-13)16-9-6-12-20(16)14(2)18(21)19-15-7-4-3-5-8-15/h10-11,14-16H,3-9,12H2,1-2H3,(H,19,21). The van der Waals surface area contributed by atoms with Crippen molar-refractivity contribution >= 4 is 17.2 Å². The second-order valence-corrected chi connectivity index (χ2v) is 8.18. The summed E-state index contributed by atoms with van der Waals surface area (Å²) in [7, 11) is 0. The van der Waals surface area contributed by atoms with Crippen molar-refractivity contribution in [2.24, 2.45) is 0 Å². The molecule has 1 aliphatic heterocycles. The van der Waals surface area contributed by atoms with Crippen LogP contribution in [-0.2, 0) is 4.79 Å². The zero-order chi connectivity index (χ0) is 15.5. The molecule has 1 saturated carbocycles. The summed E-state index contributed by atoms with van der Waals surface area (Å²) < 4.78 is 0. The predicted octanol–water partition coefficient (Wildman–Crippen LogP) is 4.03. The Balaban J connectivity index is 1.62. The van der Waals surface area contributed by atoms with E-state index in [0.29, 0.717) is 12.1 Å². The molecule has 0 aromatic carbocycles. The topological polar surface area (TPSA) is 32.3 Å². The minimum atomic E-state index is -0.0168. The number of hydrogen-bond donors (Lipinski definition) is 1. The van der Waals surface area contributed by atoms with Gasteiger partial charge in [0.25, 0.3) is 0 Å². The second-order valence-electron chi connectivity index (χ2n) is 6.86. The molecule has 2 atom stereocenters. The Kier molecular flexibility index (Phi) is 5.19. The van der Waals surface area contributed by atoms with E-state index in [9.17, 15) is 4.79 Å². The van der Waals surface area contributed by atoms with Crippen molar-refractivity contribution in [3.05, 3.63) is 21.9 Å². The number of nitrogens with one attached hydrogen (secondary N) is 1. The van der Waals surface area contributed by atoms with Gasteiger partial charge in [-0.2, -0.15) is 0 Å². The highest BCUT2D eigenvalue weighted by atomic mass is 32.1. The van der Waals surface area contributed by atoms with Crippen LogP contribution in [0, 0.1) is 6.92 Å². The zero-order valence-electron chi connectivity index (χ0n) is 13.8. The van der Waals surface area contributed by atoms with Crippen molar-refractivity contribution in [1.29, 1.82) is 0 Å². The molecular weight excluding hydrogens is 292 g/mol. The third-order valence-electron chi connectivity index (χ3n) is 5.21. The van der Waals surface area contributed by atoms with Gasteiger partial charge in [-0.1, -0.05) is 19.3 Å². The molecule has 3 rings (SSSR count). The molecule has 122 valence electrons. The molecule has 22 heavy (non-hydrogen) atoms. The minimum absolute atomic E-state index is 0.0168. The van der Waals surface area contributed by atoms with Gasteiger partial charge in [-0.25, -0.2) is 0 Å². The lowest BCUT2D eigenvalue weighted by molar-refractivity contribution is -0.127. The summed E-state index contributed by atoms with van der Waals surface area (Å²) in [5.41, 5.74) is 0. The van der Waals surface area contributed by atoms with Gasteiger partial charge in [0, 0.05) is 21.8 Å². The summed E-state index contributed by atoms with van der Waals surface area (Å²) in [6.45, 7) is 5.28. The molecule has 2 aliphatic rings. The quantitative estimate of drug-likeness (QED) is 0.908. The van der Waals surface area contributed by atoms with Crippen LogP contribution < -0.4 is 5.32 Å². The normalized spacial score (nSPS) is 25.3. The van der Waals surface area contributed by atoms with E-state index in [2.05, 4.69) is 36.2 Å². The molecule has 1 amide bonds. The molecule has 2 unspecified atom stereocenters. The Labute approximate surface area is 138 Å². The molecule has 1 aromatic heterocycles. The van der Waals surface area contributed by atoms with Crippen LogP contribution >= 0.6 is 11.3 Å². The maximum Gasteiger partial charge on any atom is 0.237 e. The highest BCUT2D eigenvalue weighted by Crippen LogP contribution is 2.37. The molecule has 4 heteroatoms. The zero-order valence-corrected chi connectivity index (χ0v) is 14.6. The van der Waals surface area contributed by atoms with Crippen LogP contribution in [0.15, 0.2) is 12.1 Å². The molecule has 0 bridgehead atoms. The van der Waals surface area contributed by atoms with E-state index in [1.165, 1.54) is 41.9 Å². The van der Waals surface area contributed by atoms with Gasteiger partial charge in [0.2, 0.25) is 5.91 Å². The summed E-state index contributed by atoms with van der Waals surface area (Å²) in [6.07, 6.45) is 8.55. The molecule has 1 aromatic rings. The van der Waals surface area contributed by atoms with Crippen molar-refractivity contribution < 1.29 is 4.79 Å². The SMILES string of the molecule is Cc1ccc(C2CCCN2C(C)C(=O)NC2CCCCC2)s1. The van der Waals surface area contributed by atoms with E-state index < -0.39 is 0 Å². The van der Waals surface area contributed by atoms with Crippen LogP contribution in [0.2, 0.25) is 0 Å². The van der Waals surface area contributed by atoms with Crippen molar-refractivity contribution in [1.82, 2.24) is 10.2 Å². The van der Waals surface area contributed by atoms with Gasteiger partial charge in [0.15, 0.2) is 0 Å². The first-order valence-corrected chi connectivity index (χ1v) is 9.59. The summed E-state index contributed by atoms with van der Waals surface area (Å²) >= 11 is 1.88. The van der Waals surface area contributed by atoms with E-state index in [0.717, 1.165) is 19.4 Å². The summed E-state index contributed by atoms with van der Waals surface area (Å²) in [4.78, 5) is 17.8. The van der Waals surface area contributed by atoms with Crippen molar-refractivity contribution in [2.45, 2.75) is 76.9 Å². The fourth-order valence-corrected chi connectivity index (χ4v) is 4.94. The van der Waals surface area contributed by atoms with Crippen LogP contribution in [0.3, 0.4) is 0 Å². The maximum atomic E-state index is 12.6. The summed E-state index contributed by atoms with van der Waals surface area (Å²) in [6, 6.07) is 5.27. The number of carbonyl (C=O) groups excluding carboxylic acids is 1. The van der Waals surface area contributed by atoms with Crippen LogP contribution in [0.25, 0.3) is 0 Å². The van der Waals surface area contributed by atoms with E-state index in [1.54, 1.807) is 0 Å². The predicted molar refractivity (Wildman–Crippen MR) is 92.2 cm³/mol. The third kappa shape index (κ3) is 3.54. The molecule has 2 heterocycles. The van der Waals surface area contributed by atoms with Crippen molar-refractivity contribution in [3.8, 4) is 0 Å². The number of rotatable bonds is 4. The minimum Gasteiger partial charge on any atom is -0.352 e. The molecule has 1 aliphatic carbocycles. The average molecular weight is 321 g/mol. The van der Waals surface area contributed by atoms with Gasteiger partial charge in [-0.3, -0.25) is 9.69 Å². The Morgan fingerprint density at radius 3 is 2.68 bits per heavy atom. The Hall–Kier alpha value is -0.870. The highest BCUT2D eigenvalue weighted by molar-refractivity contribution is 7.12. The number of nitrogens with zero attached hydrogens (tertiary/aromatic N) is 1. The smallest absolute Gasteiger partial charge is 0.237 e. The fourth-order valence-electron chi connectivity index (χ4n) is 3.91.